The minimum atomic E-state index is -1.06. The Labute approximate surface area is 178 Å². The number of benzene rings is 2. The fraction of sp³-hybridized carbons (Fsp3) is 0.348. The van der Waals surface area contributed by atoms with Crippen LogP contribution in [0, 0.1) is 5.82 Å². The molecule has 1 fully saturated rings. The molecule has 8 heteroatoms. The van der Waals surface area contributed by atoms with Crippen LogP contribution in [-0.2, 0) is 11.8 Å². The van der Waals surface area contributed by atoms with Gasteiger partial charge in [0.15, 0.2) is 0 Å². The van der Waals surface area contributed by atoms with Crippen molar-refractivity contribution in [2.45, 2.75) is 31.7 Å². The van der Waals surface area contributed by atoms with Crippen molar-refractivity contribution in [1.82, 2.24) is 9.55 Å². The molecule has 2 N–H and O–H groups in total. The molecule has 0 aliphatic carbocycles. The molecule has 2 aromatic carbocycles. The number of aromatic nitrogens is 2. The van der Waals surface area contributed by atoms with E-state index in [1.165, 1.54) is 22.8 Å². The fourth-order valence-electron chi connectivity index (χ4n) is 4.14. The molecule has 1 saturated heterocycles. The molecule has 0 saturated carbocycles. The van der Waals surface area contributed by atoms with E-state index in [0.29, 0.717) is 35.8 Å². The molecule has 4 rings (SSSR count). The molecular formula is C23H24FN3O4. The van der Waals surface area contributed by atoms with Crippen molar-refractivity contribution in [2.24, 2.45) is 7.05 Å². The number of fused-ring (bicyclic) bond motifs is 1. The Morgan fingerprint density at radius 1 is 1.29 bits per heavy atom. The molecule has 0 unspecified atom stereocenters. The van der Waals surface area contributed by atoms with Crippen LogP contribution in [0.15, 0.2) is 41.2 Å². The van der Waals surface area contributed by atoms with Crippen LogP contribution in [0.2, 0.25) is 0 Å². The third kappa shape index (κ3) is 4.03. The van der Waals surface area contributed by atoms with E-state index in [9.17, 15) is 19.1 Å². The number of carbonyl (C=O) groups is 1. The van der Waals surface area contributed by atoms with Gasteiger partial charge in [-0.3, -0.25) is 9.36 Å². The fourth-order valence-corrected chi connectivity index (χ4v) is 4.14. The summed E-state index contributed by atoms with van der Waals surface area (Å²) in [6.07, 6.45) is 1.53. The van der Waals surface area contributed by atoms with E-state index in [4.69, 9.17) is 9.72 Å². The highest BCUT2D eigenvalue weighted by Gasteiger charge is 2.24. The number of hydrogen-bond donors (Lipinski definition) is 2. The first kappa shape index (κ1) is 21.0. The van der Waals surface area contributed by atoms with Gasteiger partial charge in [0.05, 0.1) is 22.5 Å². The van der Waals surface area contributed by atoms with Gasteiger partial charge in [-0.2, -0.15) is 0 Å². The van der Waals surface area contributed by atoms with E-state index in [-0.39, 0.29) is 22.4 Å². The summed E-state index contributed by atoms with van der Waals surface area (Å²) in [6, 6.07) is 8.59. The number of anilines is 1. The molecule has 2 heterocycles. The maximum atomic E-state index is 14.5. The topological polar surface area (TPSA) is 93.5 Å². The summed E-state index contributed by atoms with van der Waals surface area (Å²) in [5.41, 5.74) is 1.15. The molecule has 1 atom stereocenters. The quantitative estimate of drug-likeness (QED) is 0.645. The third-order valence-electron chi connectivity index (χ3n) is 5.79. The Balaban J connectivity index is 1.83. The van der Waals surface area contributed by atoms with E-state index < -0.39 is 17.8 Å². The second-order valence-corrected chi connectivity index (χ2v) is 7.83. The predicted octanol–water partition coefficient (Wildman–Crippen LogP) is 3.84. The first-order valence-electron chi connectivity index (χ1n) is 10.2. The van der Waals surface area contributed by atoms with E-state index in [1.54, 1.807) is 32.2 Å². The van der Waals surface area contributed by atoms with Crippen LogP contribution in [-0.4, -0.2) is 33.8 Å². The molecule has 1 aliphatic rings. The summed E-state index contributed by atoms with van der Waals surface area (Å²) in [5.74, 6) is -0.856. The number of hydrogen-bond acceptors (Lipinski definition) is 5. The normalized spacial score (nSPS) is 15.7. The maximum absolute atomic E-state index is 14.5. The summed E-state index contributed by atoms with van der Waals surface area (Å²) in [5, 5.41) is 12.8. The predicted molar refractivity (Wildman–Crippen MR) is 115 cm³/mol. The van der Waals surface area contributed by atoms with Gasteiger partial charge in [-0.25, -0.2) is 14.2 Å². The summed E-state index contributed by atoms with van der Waals surface area (Å²) in [6.45, 7) is 3.01. The van der Waals surface area contributed by atoms with Crippen LogP contribution < -0.4 is 10.9 Å². The minimum Gasteiger partial charge on any atom is -0.478 e. The number of nitrogens with zero attached hydrogens (tertiary/aromatic N) is 2. The highest BCUT2D eigenvalue weighted by atomic mass is 19.1. The van der Waals surface area contributed by atoms with Gasteiger partial charge in [-0.15, -0.1) is 0 Å². The first-order valence-corrected chi connectivity index (χ1v) is 10.2. The number of carboxylic acid groups (broad SMARTS) is 1. The minimum absolute atomic E-state index is 0.0877. The van der Waals surface area contributed by atoms with Crippen LogP contribution in [0.1, 0.15) is 53.5 Å². The van der Waals surface area contributed by atoms with Crippen molar-refractivity contribution in [3.63, 3.8) is 0 Å². The molecule has 31 heavy (non-hydrogen) atoms. The molecule has 162 valence electrons. The number of aromatic carboxylic acids is 1. The van der Waals surface area contributed by atoms with Gasteiger partial charge in [0.25, 0.3) is 5.56 Å². The van der Waals surface area contributed by atoms with Gasteiger partial charge in [0.1, 0.15) is 11.6 Å². The van der Waals surface area contributed by atoms with Crippen LogP contribution >= 0.6 is 0 Å². The van der Waals surface area contributed by atoms with E-state index in [0.717, 1.165) is 12.8 Å². The number of carboxylic acids is 1. The maximum Gasteiger partial charge on any atom is 0.337 e. The van der Waals surface area contributed by atoms with Crippen molar-refractivity contribution in [3.05, 3.63) is 69.5 Å². The van der Waals surface area contributed by atoms with Crippen molar-refractivity contribution in [1.29, 1.82) is 0 Å². The molecular weight excluding hydrogens is 401 g/mol. The smallest absolute Gasteiger partial charge is 0.337 e. The second-order valence-electron chi connectivity index (χ2n) is 7.83. The van der Waals surface area contributed by atoms with Gasteiger partial charge >= 0.3 is 5.97 Å². The van der Waals surface area contributed by atoms with Crippen molar-refractivity contribution >= 4 is 22.6 Å². The molecule has 7 nitrogen and oxygen atoms in total. The van der Waals surface area contributed by atoms with Gasteiger partial charge in [-0.1, -0.05) is 12.1 Å². The molecule has 1 aromatic heterocycles. The summed E-state index contributed by atoms with van der Waals surface area (Å²) < 4.78 is 21.4. The van der Waals surface area contributed by atoms with Crippen molar-refractivity contribution < 1.29 is 19.0 Å². The number of halogens is 1. The Morgan fingerprint density at radius 3 is 2.71 bits per heavy atom. The van der Waals surface area contributed by atoms with Crippen LogP contribution in [0.3, 0.4) is 0 Å². The Hall–Kier alpha value is -3.26. The highest BCUT2D eigenvalue weighted by Crippen LogP contribution is 2.30. The molecule has 3 aromatic rings. The zero-order chi connectivity index (χ0) is 22.1. The van der Waals surface area contributed by atoms with Crippen molar-refractivity contribution in [2.75, 3.05) is 18.5 Å². The number of rotatable bonds is 5. The Morgan fingerprint density at radius 2 is 2.00 bits per heavy atom. The monoisotopic (exact) mass is 425 g/mol. The molecule has 0 radical (unpaired) electrons. The molecule has 1 aliphatic heterocycles. The van der Waals surface area contributed by atoms with Gasteiger partial charge < -0.3 is 15.2 Å². The molecule has 0 amide bonds. The van der Waals surface area contributed by atoms with Gasteiger partial charge in [0.2, 0.25) is 0 Å². The van der Waals surface area contributed by atoms with E-state index in [2.05, 4.69) is 5.32 Å². The van der Waals surface area contributed by atoms with Gasteiger partial charge in [0, 0.05) is 37.4 Å². The number of ether oxygens (including phenoxy) is 1. The zero-order valence-corrected chi connectivity index (χ0v) is 17.4. The Kier molecular flexibility index (Phi) is 5.73. The third-order valence-corrected chi connectivity index (χ3v) is 5.79. The van der Waals surface area contributed by atoms with E-state index >= 15 is 0 Å². The average molecular weight is 425 g/mol. The summed E-state index contributed by atoms with van der Waals surface area (Å²) in [4.78, 5) is 29.4. The first-order chi connectivity index (χ1) is 14.9. The number of nitrogens with one attached hydrogen (secondary N) is 1. The standard InChI is InChI=1S/C23H24FN3O4/c1-13(25-19-6-4-3-5-16(19)23(29)30)17-11-15(24)12-18-20(17)26-21(27(2)22(18)28)14-7-9-31-10-8-14/h3-6,11-14,25H,7-10H2,1-2H3,(H,29,30)/t13-/m1/s1. The average Bonchev–Trinajstić information content (AvgIpc) is 2.77. The zero-order valence-electron chi connectivity index (χ0n) is 17.4. The van der Waals surface area contributed by atoms with Crippen LogP contribution in [0.5, 0.6) is 0 Å². The largest absolute Gasteiger partial charge is 0.478 e. The van der Waals surface area contributed by atoms with Crippen LogP contribution in [0.25, 0.3) is 10.9 Å². The lowest BCUT2D eigenvalue weighted by Gasteiger charge is -2.24. The van der Waals surface area contributed by atoms with Crippen LogP contribution in [0.4, 0.5) is 10.1 Å². The summed E-state index contributed by atoms with van der Waals surface area (Å²) >= 11 is 0. The lowest BCUT2D eigenvalue weighted by atomic mass is 9.98. The lowest BCUT2D eigenvalue weighted by Crippen LogP contribution is -2.27. The van der Waals surface area contributed by atoms with E-state index in [1.807, 2.05) is 0 Å². The summed E-state index contributed by atoms with van der Waals surface area (Å²) in [7, 11) is 1.66. The molecule has 0 bridgehead atoms. The van der Waals surface area contributed by atoms with Crippen molar-refractivity contribution in [3.8, 4) is 0 Å². The SMILES string of the molecule is C[C@@H](Nc1ccccc1C(=O)O)c1cc(F)cc2c(=O)n(C)c(C3CCOCC3)nc12. The number of para-hydroxylation sites is 1. The Bertz CT molecular complexity index is 1200. The lowest BCUT2D eigenvalue weighted by molar-refractivity contribution is 0.0698. The second kappa shape index (κ2) is 8.47. The molecule has 0 spiro atoms. The highest BCUT2D eigenvalue weighted by molar-refractivity contribution is 5.94. The van der Waals surface area contributed by atoms with Gasteiger partial charge in [-0.05, 0) is 44.0 Å².